The van der Waals surface area contributed by atoms with Gasteiger partial charge in [0.2, 0.25) is 0 Å². The Hall–Kier alpha value is -2.22. The molecular formula is C14H21N5O3. The number of ether oxygens (including phenoxy) is 1. The van der Waals surface area contributed by atoms with Crippen LogP contribution < -0.4 is 10.3 Å². The third-order valence-electron chi connectivity index (χ3n) is 3.28. The predicted molar refractivity (Wildman–Crippen MR) is 83.3 cm³/mol. The summed E-state index contributed by atoms with van der Waals surface area (Å²) < 4.78 is 5.30. The number of morpholine rings is 1. The number of anilines is 2. The summed E-state index contributed by atoms with van der Waals surface area (Å²) in [6.07, 6.45) is 1.37. The number of carbonyl (C=O) groups is 1. The van der Waals surface area contributed by atoms with Gasteiger partial charge in [-0.1, -0.05) is 0 Å². The maximum atomic E-state index is 10.4. The predicted octanol–water partition coefficient (Wildman–Crippen LogP) is 1.36. The molecule has 0 amide bonds. The highest BCUT2D eigenvalue weighted by Gasteiger charge is 2.12. The molecule has 1 aromatic rings. The highest BCUT2D eigenvalue weighted by Crippen LogP contribution is 2.13. The van der Waals surface area contributed by atoms with Crippen LogP contribution in [0, 0.1) is 0 Å². The van der Waals surface area contributed by atoms with Crippen molar-refractivity contribution in [2.24, 2.45) is 5.10 Å². The van der Waals surface area contributed by atoms with Crippen LogP contribution in [0.1, 0.15) is 26.2 Å². The lowest BCUT2D eigenvalue weighted by Crippen LogP contribution is -2.36. The van der Waals surface area contributed by atoms with Gasteiger partial charge in [0.1, 0.15) is 0 Å². The van der Waals surface area contributed by atoms with Crippen LogP contribution in [0.3, 0.4) is 0 Å². The number of aliphatic carboxylic acids is 1. The molecule has 0 unspecified atom stereocenters. The summed E-state index contributed by atoms with van der Waals surface area (Å²) in [6, 6.07) is 3.72. The summed E-state index contributed by atoms with van der Waals surface area (Å²) >= 11 is 0. The van der Waals surface area contributed by atoms with Crippen molar-refractivity contribution in [1.82, 2.24) is 10.2 Å². The molecule has 0 radical (unpaired) electrons. The number of nitrogens with zero attached hydrogens (tertiary/aromatic N) is 4. The third-order valence-corrected chi connectivity index (χ3v) is 3.28. The van der Waals surface area contributed by atoms with Gasteiger partial charge < -0.3 is 14.7 Å². The Kier molecular flexibility index (Phi) is 6.08. The lowest BCUT2D eigenvalue weighted by atomic mass is 10.2. The van der Waals surface area contributed by atoms with E-state index in [0.717, 1.165) is 24.6 Å². The number of nitrogens with one attached hydrogen (secondary N) is 1. The fourth-order valence-corrected chi connectivity index (χ4v) is 2.05. The lowest BCUT2D eigenvalue weighted by Gasteiger charge is -2.27. The second-order valence-electron chi connectivity index (χ2n) is 5.08. The lowest BCUT2D eigenvalue weighted by molar-refractivity contribution is -0.137. The van der Waals surface area contributed by atoms with E-state index in [1.54, 1.807) is 0 Å². The maximum absolute atomic E-state index is 10.4. The summed E-state index contributed by atoms with van der Waals surface area (Å²) in [5, 5.41) is 21.0. The molecule has 8 nitrogen and oxygen atoms in total. The van der Waals surface area contributed by atoms with Crippen molar-refractivity contribution >= 4 is 23.3 Å². The highest BCUT2D eigenvalue weighted by atomic mass is 16.5. The van der Waals surface area contributed by atoms with Crippen LogP contribution in [0.4, 0.5) is 11.6 Å². The standard InChI is InChI=1S/C14H21N5O3/c1-11(3-2-4-14(20)21)15-16-12-5-6-13(18-17-12)19-7-9-22-10-8-19/h5-6H,2-4,7-10H2,1H3,(H,16,17)(H,20,21)/b15-11-. The molecule has 8 heteroatoms. The highest BCUT2D eigenvalue weighted by molar-refractivity contribution is 5.82. The minimum absolute atomic E-state index is 0.154. The van der Waals surface area contributed by atoms with E-state index in [4.69, 9.17) is 9.84 Å². The fraction of sp³-hybridized carbons (Fsp3) is 0.571. The van der Waals surface area contributed by atoms with Gasteiger partial charge in [0.25, 0.3) is 0 Å². The minimum atomic E-state index is -0.787. The van der Waals surface area contributed by atoms with E-state index in [2.05, 4.69) is 25.6 Å². The summed E-state index contributed by atoms with van der Waals surface area (Å²) in [7, 11) is 0. The van der Waals surface area contributed by atoms with Gasteiger partial charge in [-0.15, -0.1) is 10.2 Å². The van der Waals surface area contributed by atoms with Crippen LogP contribution >= 0.6 is 0 Å². The van der Waals surface area contributed by atoms with Crippen molar-refractivity contribution in [3.05, 3.63) is 12.1 Å². The molecule has 0 aromatic carbocycles. The van der Waals surface area contributed by atoms with E-state index in [9.17, 15) is 4.79 Å². The molecule has 0 aliphatic carbocycles. The molecule has 2 heterocycles. The molecule has 120 valence electrons. The summed E-state index contributed by atoms with van der Waals surface area (Å²) in [5.74, 6) is 0.607. The van der Waals surface area contributed by atoms with Gasteiger partial charge in [-0.3, -0.25) is 10.2 Å². The Bertz CT molecular complexity index is 512. The molecule has 0 bridgehead atoms. The fourth-order valence-electron chi connectivity index (χ4n) is 2.05. The van der Waals surface area contributed by atoms with Gasteiger partial charge in [0.15, 0.2) is 11.6 Å². The molecule has 1 aliphatic heterocycles. The minimum Gasteiger partial charge on any atom is -0.481 e. The first-order valence-corrected chi connectivity index (χ1v) is 7.32. The number of hydrogen-bond donors (Lipinski definition) is 2. The number of carboxylic acids is 1. The van der Waals surface area contributed by atoms with E-state index in [0.29, 0.717) is 31.9 Å². The second kappa shape index (κ2) is 8.28. The van der Waals surface area contributed by atoms with Crippen molar-refractivity contribution in [1.29, 1.82) is 0 Å². The zero-order valence-electron chi connectivity index (χ0n) is 12.7. The second-order valence-corrected chi connectivity index (χ2v) is 5.08. The van der Waals surface area contributed by atoms with E-state index in [-0.39, 0.29) is 6.42 Å². The Balaban J connectivity index is 1.81. The average Bonchev–Trinajstić information content (AvgIpc) is 2.54. The molecule has 1 aromatic heterocycles. The molecule has 0 spiro atoms. The zero-order valence-corrected chi connectivity index (χ0v) is 12.7. The Morgan fingerprint density at radius 3 is 2.77 bits per heavy atom. The van der Waals surface area contributed by atoms with Gasteiger partial charge in [-0.2, -0.15) is 5.10 Å². The van der Waals surface area contributed by atoms with E-state index < -0.39 is 5.97 Å². The topological polar surface area (TPSA) is 99.9 Å². The zero-order chi connectivity index (χ0) is 15.8. The number of rotatable bonds is 7. The quantitative estimate of drug-likeness (QED) is 0.579. The van der Waals surface area contributed by atoms with Crippen LogP contribution in [-0.2, 0) is 9.53 Å². The summed E-state index contributed by atoms with van der Waals surface area (Å²) in [5.41, 5.74) is 3.67. The van der Waals surface area contributed by atoms with Crippen molar-refractivity contribution in [3.8, 4) is 0 Å². The normalized spacial score (nSPS) is 15.7. The largest absolute Gasteiger partial charge is 0.481 e. The van der Waals surface area contributed by atoms with Gasteiger partial charge in [0.05, 0.1) is 13.2 Å². The number of carboxylic acid groups (broad SMARTS) is 1. The third kappa shape index (κ3) is 5.28. The van der Waals surface area contributed by atoms with E-state index >= 15 is 0 Å². The molecule has 22 heavy (non-hydrogen) atoms. The maximum Gasteiger partial charge on any atom is 0.303 e. The van der Waals surface area contributed by atoms with Gasteiger partial charge >= 0.3 is 5.97 Å². The van der Waals surface area contributed by atoms with Crippen molar-refractivity contribution in [2.75, 3.05) is 36.6 Å². The summed E-state index contributed by atoms with van der Waals surface area (Å²) in [6.45, 7) is 4.91. The molecule has 0 saturated carbocycles. The Labute approximate surface area is 129 Å². The molecule has 0 atom stereocenters. The van der Waals surface area contributed by atoms with Crippen molar-refractivity contribution < 1.29 is 14.6 Å². The molecule has 1 fully saturated rings. The SMILES string of the molecule is C/C(CCCC(=O)O)=N/Nc1ccc(N2CCOCC2)nn1. The molecular weight excluding hydrogens is 286 g/mol. The Morgan fingerprint density at radius 2 is 2.14 bits per heavy atom. The number of hydrazone groups is 1. The van der Waals surface area contributed by atoms with Crippen LogP contribution in [0.5, 0.6) is 0 Å². The van der Waals surface area contributed by atoms with Crippen molar-refractivity contribution in [2.45, 2.75) is 26.2 Å². The van der Waals surface area contributed by atoms with Crippen LogP contribution in [0.2, 0.25) is 0 Å². The monoisotopic (exact) mass is 307 g/mol. The first-order chi connectivity index (χ1) is 10.6. The number of hydrogen-bond acceptors (Lipinski definition) is 7. The van der Waals surface area contributed by atoms with Gasteiger partial charge in [-0.25, -0.2) is 0 Å². The number of aromatic nitrogens is 2. The molecule has 2 rings (SSSR count). The molecule has 1 saturated heterocycles. The first kappa shape index (κ1) is 16.2. The molecule has 1 aliphatic rings. The molecule has 2 N–H and O–H groups in total. The van der Waals surface area contributed by atoms with Crippen molar-refractivity contribution in [3.63, 3.8) is 0 Å². The first-order valence-electron chi connectivity index (χ1n) is 7.32. The average molecular weight is 307 g/mol. The van der Waals surface area contributed by atoms with Crippen LogP contribution in [0.15, 0.2) is 17.2 Å². The Morgan fingerprint density at radius 1 is 1.36 bits per heavy atom. The summed E-state index contributed by atoms with van der Waals surface area (Å²) in [4.78, 5) is 12.6. The van der Waals surface area contributed by atoms with Crippen LogP contribution in [-0.4, -0.2) is 53.3 Å². The van der Waals surface area contributed by atoms with Gasteiger partial charge in [0, 0.05) is 25.2 Å². The van der Waals surface area contributed by atoms with Gasteiger partial charge in [-0.05, 0) is 31.9 Å². The van der Waals surface area contributed by atoms with E-state index in [1.165, 1.54) is 0 Å². The van der Waals surface area contributed by atoms with E-state index in [1.807, 2.05) is 19.1 Å². The smallest absolute Gasteiger partial charge is 0.303 e. The van der Waals surface area contributed by atoms with Crippen LogP contribution in [0.25, 0.3) is 0 Å².